The lowest BCUT2D eigenvalue weighted by atomic mass is 10.1. The summed E-state index contributed by atoms with van der Waals surface area (Å²) in [5, 5.41) is 5.38. The maximum atomic E-state index is 5.85. The quantitative estimate of drug-likeness (QED) is 0.648. The predicted molar refractivity (Wildman–Crippen MR) is 57.9 cm³/mol. The molecule has 66 valence electrons. The highest BCUT2D eigenvalue weighted by molar-refractivity contribution is 5.94. The van der Waals surface area contributed by atoms with Gasteiger partial charge < -0.3 is 11.1 Å². The Morgan fingerprint density at radius 3 is 2.77 bits per heavy atom. The van der Waals surface area contributed by atoms with Crippen LogP contribution in [0, 0.1) is 0 Å². The lowest BCUT2D eigenvalue weighted by Crippen LogP contribution is -1.90. The van der Waals surface area contributed by atoms with Crippen molar-refractivity contribution in [3.8, 4) is 0 Å². The summed E-state index contributed by atoms with van der Waals surface area (Å²) >= 11 is 0. The molecule has 0 radical (unpaired) electrons. The fourth-order valence-corrected chi connectivity index (χ4v) is 1.45. The van der Waals surface area contributed by atoms with Gasteiger partial charge in [-0.2, -0.15) is 0 Å². The van der Waals surface area contributed by atoms with Gasteiger partial charge in [0.25, 0.3) is 0 Å². The third kappa shape index (κ3) is 1.31. The van der Waals surface area contributed by atoms with Crippen molar-refractivity contribution < 1.29 is 0 Å². The van der Waals surface area contributed by atoms with Crippen LogP contribution in [0.3, 0.4) is 0 Å². The summed E-state index contributed by atoms with van der Waals surface area (Å²) in [6.07, 6.45) is 0. The molecule has 0 spiro atoms. The number of rotatable bonds is 1. The van der Waals surface area contributed by atoms with E-state index in [1.165, 1.54) is 5.39 Å². The summed E-state index contributed by atoms with van der Waals surface area (Å²) < 4.78 is 0. The van der Waals surface area contributed by atoms with Crippen LogP contribution in [0.2, 0.25) is 0 Å². The molecule has 0 unspecified atom stereocenters. The van der Waals surface area contributed by atoms with E-state index in [0.717, 1.165) is 16.8 Å². The Kier molecular flexibility index (Phi) is 1.81. The fourth-order valence-electron chi connectivity index (χ4n) is 1.45. The highest BCUT2D eigenvalue weighted by atomic mass is 14.8. The van der Waals surface area contributed by atoms with Crippen LogP contribution in [-0.4, -0.2) is 7.05 Å². The van der Waals surface area contributed by atoms with Gasteiger partial charge in [0.1, 0.15) is 0 Å². The van der Waals surface area contributed by atoms with E-state index >= 15 is 0 Å². The van der Waals surface area contributed by atoms with Crippen LogP contribution in [-0.2, 0) is 0 Å². The maximum Gasteiger partial charge on any atom is 0.0394 e. The van der Waals surface area contributed by atoms with Crippen molar-refractivity contribution in [1.82, 2.24) is 0 Å². The molecule has 0 atom stereocenters. The molecule has 0 aliphatic heterocycles. The van der Waals surface area contributed by atoms with E-state index in [-0.39, 0.29) is 0 Å². The molecule has 0 fully saturated rings. The molecule has 3 N–H and O–H groups in total. The standard InChI is InChI=1S/C11H12N2/c1-13-9-6-5-8-3-2-4-11(12)10(8)7-9/h2-7,13H,12H2,1H3. The molecule has 0 aliphatic carbocycles. The van der Waals surface area contributed by atoms with E-state index in [0.29, 0.717) is 0 Å². The highest BCUT2D eigenvalue weighted by Gasteiger charge is 1.97. The van der Waals surface area contributed by atoms with Gasteiger partial charge in [-0.25, -0.2) is 0 Å². The van der Waals surface area contributed by atoms with Gasteiger partial charge in [-0.15, -0.1) is 0 Å². The smallest absolute Gasteiger partial charge is 0.0394 e. The van der Waals surface area contributed by atoms with Crippen molar-refractivity contribution in [3.63, 3.8) is 0 Å². The summed E-state index contributed by atoms with van der Waals surface area (Å²) in [7, 11) is 1.90. The number of benzene rings is 2. The molecular formula is C11H12N2. The second-order valence-corrected chi connectivity index (χ2v) is 3.03. The monoisotopic (exact) mass is 172 g/mol. The van der Waals surface area contributed by atoms with Crippen LogP contribution >= 0.6 is 0 Å². The van der Waals surface area contributed by atoms with Crippen molar-refractivity contribution >= 4 is 22.1 Å². The largest absolute Gasteiger partial charge is 0.398 e. The van der Waals surface area contributed by atoms with Crippen molar-refractivity contribution in [2.24, 2.45) is 0 Å². The van der Waals surface area contributed by atoms with Crippen LogP contribution in [0.15, 0.2) is 36.4 Å². The van der Waals surface area contributed by atoms with Crippen LogP contribution in [0.5, 0.6) is 0 Å². The van der Waals surface area contributed by atoms with Crippen molar-refractivity contribution in [2.45, 2.75) is 0 Å². The van der Waals surface area contributed by atoms with Gasteiger partial charge in [0.15, 0.2) is 0 Å². The van der Waals surface area contributed by atoms with Gasteiger partial charge >= 0.3 is 0 Å². The zero-order valence-electron chi connectivity index (χ0n) is 7.54. The number of nitrogen functional groups attached to an aromatic ring is 1. The molecule has 2 aromatic rings. The van der Waals surface area contributed by atoms with Gasteiger partial charge in [0.05, 0.1) is 0 Å². The lowest BCUT2D eigenvalue weighted by Gasteiger charge is -2.04. The Hall–Kier alpha value is -1.70. The topological polar surface area (TPSA) is 38.0 Å². The van der Waals surface area contributed by atoms with E-state index in [1.807, 2.05) is 25.2 Å². The number of hydrogen-bond donors (Lipinski definition) is 2. The van der Waals surface area contributed by atoms with E-state index < -0.39 is 0 Å². The van der Waals surface area contributed by atoms with Crippen molar-refractivity contribution in [3.05, 3.63) is 36.4 Å². The first kappa shape index (κ1) is 7.92. The zero-order valence-corrected chi connectivity index (χ0v) is 7.54. The van der Waals surface area contributed by atoms with Gasteiger partial charge in [-0.3, -0.25) is 0 Å². The van der Waals surface area contributed by atoms with E-state index in [1.54, 1.807) is 0 Å². The summed E-state index contributed by atoms with van der Waals surface area (Å²) in [4.78, 5) is 0. The molecule has 0 bridgehead atoms. The minimum atomic E-state index is 0.828. The van der Waals surface area contributed by atoms with E-state index in [4.69, 9.17) is 5.73 Å². The molecule has 0 amide bonds. The molecule has 13 heavy (non-hydrogen) atoms. The van der Waals surface area contributed by atoms with Crippen molar-refractivity contribution in [2.75, 3.05) is 18.1 Å². The van der Waals surface area contributed by atoms with Crippen LogP contribution in [0.1, 0.15) is 0 Å². The first-order valence-corrected chi connectivity index (χ1v) is 4.27. The molecule has 2 aromatic carbocycles. The first-order valence-electron chi connectivity index (χ1n) is 4.27. The van der Waals surface area contributed by atoms with Crippen LogP contribution in [0.4, 0.5) is 11.4 Å². The van der Waals surface area contributed by atoms with Gasteiger partial charge in [-0.1, -0.05) is 18.2 Å². The minimum absolute atomic E-state index is 0.828. The molecule has 0 heterocycles. The number of anilines is 2. The number of nitrogens with two attached hydrogens (primary N) is 1. The van der Waals surface area contributed by atoms with Gasteiger partial charge in [0.2, 0.25) is 0 Å². The normalized spacial score (nSPS) is 10.2. The maximum absolute atomic E-state index is 5.85. The average Bonchev–Trinajstić information content (AvgIpc) is 2.18. The van der Waals surface area contributed by atoms with Gasteiger partial charge in [-0.05, 0) is 23.6 Å². The molecule has 0 saturated heterocycles. The fraction of sp³-hybridized carbons (Fsp3) is 0.0909. The third-order valence-electron chi connectivity index (χ3n) is 2.20. The number of hydrogen-bond acceptors (Lipinski definition) is 2. The Balaban J connectivity index is 2.74. The molecule has 0 saturated carbocycles. The SMILES string of the molecule is CNc1ccc2cccc(N)c2c1. The minimum Gasteiger partial charge on any atom is -0.398 e. The molecular weight excluding hydrogens is 160 g/mol. The third-order valence-corrected chi connectivity index (χ3v) is 2.20. The first-order chi connectivity index (χ1) is 6.31. The predicted octanol–water partition coefficient (Wildman–Crippen LogP) is 2.46. The average molecular weight is 172 g/mol. The van der Waals surface area contributed by atoms with Crippen LogP contribution < -0.4 is 11.1 Å². The van der Waals surface area contributed by atoms with Gasteiger partial charge in [0, 0.05) is 23.8 Å². The second-order valence-electron chi connectivity index (χ2n) is 3.03. The second kappa shape index (κ2) is 2.98. The summed E-state index contributed by atoms with van der Waals surface area (Å²) in [5.74, 6) is 0. The Morgan fingerprint density at radius 1 is 1.15 bits per heavy atom. The Labute approximate surface area is 77.4 Å². The Bertz CT molecular complexity index is 435. The molecule has 0 aromatic heterocycles. The highest BCUT2D eigenvalue weighted by Crippen LogP contribution is 2.23. The summed E-state index contributed by atoms with van der Waals surface area (Å²) in [6, 6.07) is 12.1. The summed E-state index contributed by atoms with van der Waals surface area (Å²) in [5.41, 5.74) is 7.77. The van der Waals surface area contributed by atoms with Crippen LogP contribution in [0.25, 0.3) is 10.8 Å². The van der Waals surface area contributed by atoms with E-state index in [9.17, 15) is 0 Å². The molecule has 0 aliphatic rings. The zero-order chi connectivity index (χ0) is 9.26. The summed E-state index contributed by atoms with van der Waals surface area (Å²) in [6.45, 7) is 0. The number of fused-ring (bicyclic) bond motifs is 1. The molecule has 2 rings (SSSR count). The Morgan fingerprint density at radius 2 is 2.00 bits per heavy atom. The van der Waals surface area contributed by atoms with E-state index in [2.05, 4.69) is 23.5 Å². The molecule has 2 nitrogen and oxygen atoms in total. The molecule has 2 heteroatoms. The lowest BCUT2D eigenvalue weighted by molar-refractivity contribution is 1.53. The van der Waals surface area contributed by atoms with Crippen molar-refractivity contribution in [1.29, 1.82) is 0 Å². The number of nitrogens with one attached hydrogen (secondary N) is 1.